The second-order valence-corrected chi connectivity index (χ2v) is 6.36. The molecule has 0 unspecified atom stereocenters. The van der Waals surface area contributed by atoms with Crippen molar-refractivity contribution in [1.82, 2.24) is 25.2 Å². The van der Waals surface area contributed by atoms with Gasteiger partial charge in [0, 0.05) is 38.1 Å². The summed E-state index contributed by atoms with van der Waals surface area (Å²) in [6.45, 7) is 1.01. The Morgan fingerprint density at radius 2 is 1.90 bits per heavy atom. The van der Waals surface area contributed by atoms with Crippen LogP contribution < -0.4 is 10.6 Å². The van der Waals surface area contributed by atoms with E-state index in [1.54, 1.807) is 23.3 Å². The highest BCUT2D eigenvalue weighted by Crippen LogP contribution is 2.05. The van der Waals surface area contributed by atoms with Crippen LogP contribution in [0.3, 0.4) is 0 Å². The highest BCUT2D eigenvalue weighted by Gasteiger charge is 2.05. The monoisotopic (exact) mass is 393 g/mol. The first-order valence-electron chi connectivity index (χ1n) is 9.35. The molecule has 0 saturated carbocycles. The fourth-order valence-corrected chi connectivity index (χ4v) is 2.57. The highest BCUT2D eigenvalue weighted by atomic mass is 16.5. The average molecular weight is 393 g/mol. The van der Waals surface area contributed by atoms with Crippen molar-refractivity contribution in [2.24, 2.45) is 0 Å². The molecule has 2 amide bonds. The van der Waals surface area contributed by atoms with Crippen LogP contribution in [0.4, 0.5) is 4.79 Å². The summed E-state index contributed by atoms with van der Waals surface area (Å²) in [5.41, 5.74) is 1.83. The number of imidazole rings is 1. The molecule has 3 rings (SSSR count). The minimum absolute atomic E-state index is 0.0804. The lowest BCUT2D eigenvalue weighted by molar-refractivity contribution is -0.121. The van der Waals surface area contributed by atoms with Crippen LogP contribution in [0.15, 0.2) is 67.4 Å². The number of nitrogens with zero attached hydrogens (tertiary/aromatic N) is 3. The SMILES string of the molecule is O=C(CCCNC(=O)OCc1ccccc1)NCc1ccc(-n2ccnc2)nc1. The fraction of sp³-hybridized carbons (Fsp3) is 0.238. The Labute approximate surface area is 168 Å². The van der Waals surface area contributed by atoms with Gasteiger partial charge in [0.25, 0.3) is 0 Å². The van der Waals surface area contributed by atoms with E-state index in [1.807, 2.05) is 48.7 Å². The molecule has 2 aromatic heterocycles. The maximum absolute atomic E-state index is 11.9. The van der Waals surface area contributed by atoms with Crippen molar-refractivity contribution < 1.29 is 14.3 Å². The van der Waals surface area contributed by atoms with E-state index in [-0.39, 0.29) is 12.5 Å². The van der Waals surface area contributed by atoms with Crippen LogP contribution in [0, 0.1) is 0 Å². The van der Waals surface area contributed by atoms with Gasteiger partial charge in [-0.05, 0) is 23.6 Å². The summed E-state index contributed by atoms with van der Waals surface area (Å²) in [6.07, 6.45) is 7.26. The Balaban J connectivity index is 1.27. The molecular weight excluding hydrogens is 370 g/mol. The summed E-state index contributed by atoms with van der Waals surface area (Å²) < 4.78 is 6.92. The minimum atomic E-state index is -0.488. The van der Waals surface area contributed by atoms with Gasteiger partial charge in [-0.3, -0.25) is 9.36 Å². The van der Waals surface area contributed by atoms with Crippen molar-refractivity contribution in [1.29, 1.82) is 0 Å². The van der Waals surface area contributed by atoms with Gasteiger partial charge in [0.15, 0.2) is 0 Å². The Morgan fingerprint density at radius 3 is 2.62 bits per heavy atom. The topological polar surface area (TPSA) is 98.1 Å². The van der Waals surface area contributed by atoms with E-state index < -0.39 is 6.09 Å². The van der Waals surface area contributed by atoms with Gasteiger partial charge >= 0.3 is 6.09 Å². The summed E-state index contributed by atoms with van der Waals surface area (Å²) in [4.78, 5) is 31.9. The summed E-state index contributed by atoms with van der Waals surface area (Å²) >= 11 is 0. The third-order valence-electron chi connectivity index (χ3n) is 4.13. The van der Waals surface area contributed by atoms with E-state index in [0.29, 0.717) is 25.9 Å². The molecule has 8 nitrogen and oxygen atoms in total. The van der Waals surface area contributed by atoms with Gasteiger partial charge in [0.2, 0.25) is 5.91 Å². The Morgan fingerprint density at radius 1 is 1.03 bits per heavy atom. The van der Waals surface area contributed by atoms with Gasteiger partial charge in [-0.25, -0.2) is 14.8 Å². The molecule has 0 fully saturated rings. The van der Waals surface area contributed by atoms with Gasteiger partial charge in [-0.15, -0.1) is 0 Å². The van der Waals surface area contributed by atoms with E-state index in [9.17, 15) is 9.59 Å². The van der Waals surface area contributed by atoms with Gasteiger partial charge < -0.3 is 15.4 Å². The quantitative estimate of drug-likeness (QED) is 0.545. The van der Waals surface area contributed by atoms with Crippen molar-refractivity contribution in [3.05, 3.63) is 78.5 Å². The van der Waals surface area contributed by atoms with Crippen LogP contribution in [-0.4, -0.2) is 33.1 Å². The number of alkyl carbamates (subject to hydrolysis) is 1. The van der Waals surface area contributed by atoms with E-state index in [1.165, 1.54) is 0 Å². The predicted octanol–water partition coefficient (Wildman–Crippen LogP) is 2.59. The third kappa shape index (κ3) is 6.76. The number of hydrogen-bond donors (Lipinski definition) is 2. The normalized spacial score (nSPS) is 10.3. The van der Waals surface area contributed by atoms with Crippen molar-refractivity contribution >= 4 is 12.0 Å². The molecule has 0 atom stereocenters. The summed E-state index contributed by atoms with van der Waals surface area (Å²) in [7, 11) is 0. The maximum atomic E-state index is 11.9. The van der Waals surface area contributed by atoms with Crippen LogP contribution >= 0.6 is 0 Å². The summed E-state index contributed by atoms with van der Waals surface area (Å²) in [6, 6.07) is 13.2. The van der Waals surface area contributed by atoms with E-state index in [2.05, 4.69) is 20.6 Å². The number of aromatic nitrogens is 3. The van der Waals surface area contributed by atoms with E-state index >= 15 is 0 Å². The second kappa shape index (κ2) is 10.6. The van der Waals surface area contributed by atoms with Gasteiger partial charge in [-0.1, -0.05) is 36.4 Å². The minimum Gasteiger partial charge on any atom is -0.445 e. The van der Waals surface area contributed by atoms with Crippen LogP contribution in [0.1, 0.15) is 24.0 Å². The molecule has 29 heavy (non-hydrogen) atoms. The van der Waals surface area contributed by atoms with Crippen LogP contribution in [0.25, 0.3) is 5.82 Å². The van der Waals surface area contributed by atoms with Crippen LogP contribution in [0.2, 0.25) is 0 Å². The van der Waals surface area contributed by atoms with Gasteiger partial charge in [0.05, 0.1) is 0 Å². The Kier molecular flexibility index (Phi) is 7.34. The molecular formula is C21H23N5O3. The van der Waals surface area contributed by atoms with Gasteiger partial charge in [-0.2, -0.15) is 0 Å². The molecule has 2 heterocycles. The number of carbonyl (C=O) groups is 2. The van der Waals surface area contributed by atoms with E-state index in [0.717, 1.165) is 16.9 Å². The number of rotatable bonds is 9. The molecule has 0 spiro atoms. The molecule has 3 aromatic rings. The third-order valence-corrected chi connectivity index (χ3v) is 4.13. The number of ether oxygens (including phenoxy) is 1. The summed E-state index contributed by atoms with van der Waals surface area (Å²) in [5.74, 6) is 0.686. The number of pyridine rings is 1. The van der Waals surface area contributed by atoms with Crippen molar-refractivity contribution in [2.45, 2.75) is 26.0 Å². The highest BCUT2D eigenvalue weighted by molar-refractivity contribution is 5.76. The predicted molar refractivity (Wildman–Crippen MR) is 107 cm³/mol. The number of nitrogens with one attached hydrogen (secondary N) is 2. The number of amides is 2. The molecule has 0 aliphatic carbocycles. The molecule has 0 saturated heterocycles. The van der Waals surface area contributed by atoms with Crippen molar-refractivity contribution in [3.8, 4) is 5.82 Å². The second-order valence-electron chi connectivity index (χ2n) is 6.36. The zero-order valence-corrected chi connectivity index (χ0v) is 16.0. The van der Waals surface area contributed by atoms with Crippen LogP contribution in [0.5, 0.6) is 0 Å². The first kappa shape index (κ1) is 20.1. The van der Waals surface area contributed by atoms with E-state index in [4.69, 9.17) is 4.74 Å². The Hall–Kier alpha value is -3.68. The van der Waals surface area contributed by atoms with Gasteiger partial charge in [0.1, 0.15) is 18.8 Å². The lowest BCUT2D eigenvalue weighted by Gasteiger charge is -2.08. The average Bonchev–Trinajstić information content (AvgIpc) is 3.30. The van der Waals surface area contributed by atoms with Crippen molar-refractivity contribution in [3.63, 3.8) is 0 Å². The van der Waals surface area contributed by atoms with Crippen molar-refractivity contribution in [2.75, 3.05) is 6.54 Å². The molecule has 2 N–H and O–H groups in total. The summed E-state index contributed by atoms with van der Waals surface area (Å²) in [5, 5.41) is 5.49. The molecule has 1 aromatic carbocycles. The molecule has 150 valence electrons. The fourth-order valence-electron chi connectivity index (χ4n) is 2.57. The molecule has 0 radical (unpaired) electrons. The largest absolute Gasteiger partial charge is 0.445 e. The number of carbonyl (C=O) groups excluding carboxylic acids is 2. The standard InChI is InChI=1S/C21H23N5O3/c27-20(7-4-10-23-21(28)29-15-17-5-2-1-3-6-17)25-14-18-8-9-19(24-13-18)26-12-11-22-16-26/h1-3,5-6,8-9,11-13,16H,4,7,10,14-15H2,(H,23,28)(H,25,27). The molecule has 0 aliphatic rings. The molecule has 8 heteroatoms. The molecule has 0 aliphatic heterocycles. The zero-order valence-electron chi connectivity index (χ0n) is 16.0. The number of benzene rings is 1. The van der Waals surface area contributed by atoms with Crippen LogP contribution in [-0.2, 0) is 22.7 Å². The maximum Gasteiger partial charge on any atom is 0.407 e. The zero-order chi connectivity index (χ0) is 20.3. The smallest absolute Gasteiger partial charge is 0.407 e. The first-order chi connectivity index (χ1) is 14.2. The lowest BCUT2D eigenvalue weighted by atomic mass is 10.2. The first-order valence-corrected chi connectivity index (χ1v) is 9.35. The Bertz CT molecular complexity index is 896. The lowest BCUT2D eigenvalue weighted by Crippen LogP contribution is -2.27. The molecule has 0 bridgehead atoms. The number of hydrogen-bond acceptors (Lipinski definition) is 5.